The van der Waals surface area contributed by atoms with Gasteiger partial charge in [0.1, 0.15) is 11.5 Å². The van der Waals surface area contributed by atoms with E-state index in [0.717, 1.165) is 94.9 Å². The number of aldehydes is 2. The first-order valence-corrected chi connectivity index (χ1v) is 38.6. The second kappa shape index (κ2) is 28.7. The molecule has 10 heteroatoms. The molecule has 6 heterocycles. The SMILES string of the molecule is CCCCCCc1ccc(C2(c3ccc(C)cc3)c3cc(-c4sc(C=O)cc4OCC(CC)CCCC)sc3-c3sc4c5c(sc4c32)-c2sc(-c3sc(C=O)cc3OCC(CC)CCCC)cc2C5(c2ccc(C)cc2)c2ccc(CCCCCC)cc2)cc1. The normalized spacial score (nSPS) is 16.3. The summed E-state index contributed by atoms with van der Waals surface area (Å²) in [5.74, 6) is 2.53. The first-order valence-electron chi connectivity index (χ1n) is 33.7. The van der Waals surface area contributed by atoms with Crippen LogP contribution in [0.4, 0.5) is 0 Å². The highest BCUT2D eigenvalue weighted by Crippen LogP contribution is 2.71. The molecule has 2 aliphatic rings. The minimum absolute atomic E-state index is 0.450. The largest absolute Gasteiger partial charge is 0.492 e. The minimum atomic E-state index is -0.679. The van der Waals surface area contributed by atoms with Crippen LogP contribution in [0.5, 0.6) is 11.5 Å². The number of carbonyl (C=O) groups is 2. The number of thiophene rings is 6. The maximum absolute atomic E-state index is 12.8. The third-order valence-corrected chi connectivity index (χ3v) is 27.1. The van der Waals surface area contributed by atoms with Crippen LogP contribution in [-0.2, 0) is 23.7 Å². The van der Waals surface area contributed by atoms with E-state index in [0.29, 0.717) is 34.8 Å². The Bertz CT molecular complexity index is 3800. The van der Waals surface area contributed by atoms with Gasteiger partial charge in [0.25, 0.3) is 0 Å². The Morgan fingerprint density at radius 1 is 0.400 bits per heavy atom. The van der Waals surface area contributed by atoms with Crippen LogP contribution in [0.2, 0.25) is 0 Å². The monoisotopic (exact) mass is 1300 g/mol. The molecule has 0 N–H and O–H groups in total. The number of aryl methyl sites for hydroxylation is 4. The summed E-state index contributed by atoms with van der Waals surface area (Å²) < 4.78 is 16.5. The second-order valence-corrected chi connectivity index (χ2v) is 31.9. The van der Waals surface area contributed by atoms with Crippen LogP contribution in [0.25, 0.3) is 48.4 Å². The van der Waals surface area contributed by atoms with Gasteiger partial charge in [0.15, 0.2) is 12.6 Å². The molecule has 12 rings (SSSR count). The zero-order valence-electron chi connectivity index (χ0n) is 54.1. The maximum Gasteiger partial charge on any atom is 0.160 e. The van der Waals surface area contributed by atoms with Crippen LogP contribution in [0.1, 0.15) is 230 Å². The predicted molar refractivity (Wildman–Crippen MR) is 390 cm³/mol. The van der Waals surface area contributed by atoms with Crippen molar-refractivity contribution >= 4 is 90.0 Å². The second-order valence-electron chi connectivity index (χ2n) is 25.6. The molecule has 0 amide bonds. The quantitative estimate of drug-likeness (QED) is 0.0311. The third kappa shape index (κ3) is 12.1. The molecule has 6 aromatic heterocycles. The molecular weight excluding hydrogens is 1220 g/mol. The van der Waals surface area contributed by atoms with E-state index in [-0.39, 0.29) is 0 Å². The molecular formula is C80H88O4S6. The smallest absolute Gasteiger partial charge is 0.160 e. The number of carbonyl (C=O) groups excluding carboxylic acids is 2. The molecule has 4 nitrogen and oxygen atoms in total. The molecule has 4 atom stereocenters. The molecule has 0 spiro atoms. The lowest BCUT2D eigenvalue weighted by molar-refractivity contribution is 0.111. The number of ether oxygens (including phenoxy) is 2. The van der Waals surface area contributed by atoms with Gasteiger partial charge in [0.05, 0.1) is 72.5 Å². The fourth-order valence-corrected chi connectivity index (χ4v) is 22.1. The van der Waals surface area contributed by atoms with Gasteiger partial charge in [0.2, 0.25) is 0 Å². The van der Waals surface area contributed by atoms with Crippen molar-refractivity contribution in [2.75, 3.05) is 13.2 Å². The maximum atomic E-state index is 12.8. The average Bonchev–Trinajstić information content (AvgIpc) is 1.49. The fourth-order valence-electron chi connectivity index (χ4n) is 14.3. The third-order valence-electron chi connectivity index (χ3n) is 19.5. The molecule has 0 fully saturated rings. The molecule has 2 aliphatic carbocycles. The lowest BCUT2D eigenvalue weighted by Gasteiger charge is -2.34. The minimum Gasteiger partial charge on any atom is -0.492 e. The van der Waals surface area contributed by atoms with Crippen molar-refractivity contribution in [1.82, 2.24) is 0 Å². The van der Waals surface area contributed by atoms with Gasteiger partial charge >= 0.3 is 0 Å². The van der Waals surface area contributed by atoms with E-state index in [9.17, 15) is 9.59 Å². The lowest BCUT2D eigenvalue weighted by atomic mass is 9.67. The zero-order chi connectivity index (χ0) is 62.5. The van der Waals surface area contributed by atoms with Crippen molar-refractivity contribution in [3.05, 3.63) is 198 Å². The number of hydrogen-bond acceptors (Lipinski definition) is 10. The first kappa shape index (κ1) is 64.4. The Balaban J connectivity index is 1.12. The van der Waals surface area contributed by atoms with E-state index in [1.807, 2.05) is 57.5 Å². The number of hydrogen-bond donors (Lipinski definition) is 0. The molecule has 90 heavy (non-hydrogen) atoms. The highest BCUT2D eigenvalue weighted by Gasteiger charge is 2.55. The van der Waals surface area contributed by atoms with Crippen LogP contribution in [-0.4, -0.2) is 25.8 Å². The van der Waals surface area contributed by atoms with Crippen molar-refractivity contribution < 1.29 is 19.1 Å². The Hall–Kier alpha value is -5.72. The summed E-state index contributed by atoms with van der Waals surface area (Å²) in [6.45, 7) is 19.3. The predicted octanol–water partition coefficient (Wildman–Crippen LogP) is 24.9. The lowest BCUT2D eigenvalue weighted by Crippen LogP contribution is -2.29. The van der Waals surface area contributed by atoms with Crippen LogP contribution in [0.15, 0.2) is 121 Å². The van der Waals surface area contributed by atoms with Crippen molar-refractivity contribution in [3.8, 4) is 50.5 Å². The number of rotatable bonds is 32. The van der Waals surface area contributed by atoms with Crippen molar-refractivity contribution in [2.24, 2.45) is 11.8 Å². The van der Waals surface area contributed by atoms with Crippen molar-refractivity contribution in [2.45, 2.75) is 182 Å². The molecule has 0 bridgehead atoms. The summed E-state index contributed by atoms with van der Waals surface area (Å²) in [5.41, 5.74) is 14.3. The van der Waals surface area contributed by atoms with Gasteiger partial charge in [-0.25, -0.2) is 0 Å². The first-order chi connectivity index (χ1) is 44.1. The van der Waals surface area contributed by atoms with Crippen LogP contribution >= 0.6 is 68.0 Å². The van der Waals surface area contributed by atoms with E-state index in [1.165, 1.54) is 160 Å². The number of unbranched alkanes of at least 4 members (excludes halogenated alkanes) is 8. The zero-order valence-corrected chi connectivity index (χ0v) is 59.0. The van der Waals surface area contributed by atoms with Crippen LogP contribution in [0.3, 0.4) is 0 Å². The topological polar surface area (TPSA) is 52.6 Å². The highest BCUT2D eigenvalue weighted by molar-refractivity contribution is 7.35. The van der Waals surface area contributed by atoms with E-state index in [2.05, 4.69) is 165 Å². The summed E-state index contributed by atoms with van der Waals surface area (Å²) in [6.07, 6.45) is 23.0. The van der Waals surface area contributed by atoms with Gasteiger partial charge in [-0.05, 0) is 121 Å². The molecule has 4 aromatic carbocycles. The van der Waals surface area contributed by atoms with Gasteiger partial charge in [-0.2, -0.15) is 0 Å². The summed E-state index contributed by atoms with van der Waals surface area (Å²) >= 11 is 10.9. The fraction of sp³-hybridized carbons (Fsp3) is 0.400. The van der Waals surface area contributed by atoms with Gasteiger partial charge in [-0.1, -0.05) is 227 Å². The summed E-state index contributed by atoms with van der Waals surface area (Å²) in [5, 5.41) is 0. The number of benzene rings is 4. The summed E-state index contributed by atoms with van der Waals surface area (Å²) in [6, 6.07) is 47.4. The molecule has 0 saturated heterocycles. The Morgan fingerprint density at radius 3 is 1.11 bits per heavy atom. The molecule has 0 radical (unpaired) electrons. The molecule has 10 aromatic rings. The van der Waals surface area contributed by atoms with Crippen LogP contribution < -0.4 is 9.47 Å². The summed E-state index contributed by atoms with van der Waals surface area (Å²) in [4.78, 5) is 36.6. The van der Waals surface area contributed by atoms with E-state index < -0.39 is 10.8 Å². The Kier molecular flexibility index (Phi) is 20.5. The highest BCUT2D eigenvalue weighted by atomic mass is 32.1. The average molecular weight is 1310 g/mol. The van der Waals surface area contributed by atoms with E-state index in [4.69, 9.17) is 9.47 Å². The van der Waals surface area contributed by atoms with Gasteiger partial charge in [-0.3, -0.25) is 9.59 Å². The van der Waals surface area contributed by atoms with Gasteiger partial charge in [0, 0.05) is 33.0 Å². The molecule has 468 valence electrons. The van der Waals surface area contributed by atoms with Gasteiger partial charge in [-0.15, -0.1) is 68.0 Å². The standard InChI is InChI=1S/C80H88O4S6/c1-9-15-19-21-25-55-31-39-59(40-32-55)79(57-35-27-51(7)28-36-57)63-45-67(73-65(43-61(47-81)85-73)83-49-53(13-5)23-17-11-3)87-71(63)75-69(79)77-78(89-75)70-76(90-77)72-64(46-68(88-72)74-66(44-62(48-82)86-74)84-50-54(14-6)24-18-12-4)80(70,58-37-29-52(8)30-38-58)60-41-33-56(34-42-60)26-22-20-16-10-2/h27-48,53-54H,9-26,49-50H2,1-8H3. The van der Waals surface area contributed by atoms with E-state index >= 15 is 0 Å². The Morgan fingerprint density at radius 2 is 0.767 bits per heavy atom. The Labute approximate surface area is 559 Å². The van der Waals surface area contributed by atoms with Crippen LogP contribution in [0, 0.1) is 25.7 Å². The van der Waals surface area contributed by atoms with E-state index in [1.54, 1.807) is 22.7 Å². The van der Waals surface area contributed by atoms with Crippen molar-refractivity contribution in [1.29, 1.82) is 0 Å². The molecule has 4 unspecified atom stereocenters. The molecule has 0 saturated carbocycles. The summed E-state index contributed by atoms with van der Waals surface area (Å²) in [7, 11) is 0. The number of fused-ring (bicyclic) bond motifs is 9. The van der Waals surface area contributed by atoms with Crippen molar-refractivity contribution in [3.63, 3.8) is 0 Å². The van der Waals surface area contributed by atoms with Gasteiger partial charge < -0.3 is 9.47 Å². The molecule has 0 aliphatic heterocycles.